The van der Waals surface area contributed by atoms with Crippen LogP contribution in [0.15, 0.2) is 137 Å². The van der Waals surface area contributed by atoms with Gasteiger partial charge < -0.3 is 9.55 Å². The largest absolute Gasteiger partial charge is 3.00 e. The summed E-state index contributed by atoms with van der Waals surface area (Å²) in [6.07, 6.45) is 5.35. The normalized spacial score (nSPS) is 11.3. The van der Waals surface area contributed by atoms with Crippen molar-refractivity contribution in [3.8, 4) is 22.6 Å². The number of pyridine rings is 1. The van der Waals surface area contributed by atoms with E-state index in [1.165, 1.54) is 20.7 Å². The third-order valence-electron chi connectivity index (χ3n) is 6.48. The van der Waals surface area contributed by atoms with E-state index >= 15 is 0 Å². The molecule has 1 aliphatic rings. The molecular weight excluding hydrogens is 675 g/mol. The van der Waals surface area contributed by atoms with Crippen LogP contribution in [-0.4, -0.2) is 9.55 Å². The number of aromatic nitrogens is 3. The SMILES string of the molecule is [Ir+3].[c-]1c2c(cc3ccccc13)Sc1cccc3c1[n+]-2[c-]n3-c1ccccc1.[c-]1ccccc1-c1ccccn1. The number of rotatable bonds is 2. The summed E-state index contributed by atoms with van der Waals surface area (Å²) in [5.74, 6) is 0. The van der Waals surface area contributed by atoms with Gasteiger partial charge in [0, 0.05) is 11.1 Å². The second-order valence-corrected chi connectivity index (χ2v) is 9.98. The first-order chi connectivity index (χ1) is 18.8. The molecule has 39 heavy (non-hydrogen) atoms. The first kappa shape index (κ1) is 25.3. The van der Waals surface area contributed by atoms with Gasteiger partial charge in [0.05, 0.1) is 16.7 Å². The van der Waals surface area contributed by atoms with Gasteiger partial charge in [0.15, 0.2) is 0 Å². The summed E-state index contributed by atoms with van der Waals surface area (Å²) in [4.78, 5) is 6.69. The maximum absolute atomic E-state index is 4.22. The van der Waals surface area contributed by atoms with Crippen molar-refractivity contribution in [3.05, 3.63) is 146 Å². The molecule has 3 heterocycles. The number of nitrogens with zero attached hydrogens (tertiary/aromatic N) is 3. The molecule has 0 radical (unpaired) electrons. The molecule has 0 bridgehead atoms. The van der Waals surface area contributed by atoms with Crippen molar-refractivity contribution in [2.45, 2.75) is 9.79 Å². The zero-order chi connectivity index (χ0) is 25.3. The summed E-state index contributed by atoms with van der Waals surface area (Å²) in [5.41, 5.74) is 6.56. The Morgan fingerprint density at radius 2 is 1.56 bits per heavy atom. The van der Waals surface area contributed by atoms with Crippen molar-refractivity contribution in [1.82, 2.24) is 9.55 Å². The molecule has 0 N–H and O–H groups in total. The summed E-state index contributed by atoms with van der Waals surface area (Å²) in [5, 5.41) is 2.35. The van der Waals surface area contributed by atoms with Crippen molar-refractivity contribution in [3.63, 3.8) is 0 Å². The van der Waals surface area contributed by atoms with Crippen LogP contribution >= 0.6 is 11.8 Å². The molecule has 7 aromatic rings. The molecule has 0 aliphatic carbocycles. The third kappa shape index (κ3) is 4.81. The summed E-state index contributed by atoms with van der Waals surface area (Å²) < 4.78 is 4.30. The molecule has 0 fully saturated rings. The van der Waals surface area contributed by atoms with Gasteiger partial charge in [-0.15, -0.1) is 70.9 Å². The Balaban J connectivity index is 0.000000180. The zero-order valence-electron chi connectivity index (χ0n) is 20.7. The van der Waals surface area contributed by atoms with E-state index in [9.17, 15) is 0 Å². The molecule has 186 valence electrons. The van der Waals surface area contributed by atoms with Crippen LogP contribution in [0.3, 0.4) is 0 Å². The Bertz CT molecular complexity index is 1850. The van der Waals surface area contributed by atoms with Crippen LogP contribution < -0.4 is 4.57 Å². The minimum absolute atomic E-state index is 0. The molecule has 1 aliphatic heterocycles. The number of hydrogen-bond donors (Lipinski definition) is 0. The molecule has 0 spiro atoms. The van der Waals surface area contributed by atoms with Gasteiger partial charge in [-0.25, -0.2) is 0 Å². The topological polar surface area (TPSA) is 21.7 Å². The van der Waals surface area contributed by atoms with E-state index in [1.807, 2.05) is 60.3 Å². The minimum atomic E-state index is 0. The van der Waals surface area contributed by atoms with Crippen molar-refractivity contribution in [2.75, 3.05) is 0 Å². The van der Waals surface area contributed by atoms with E-state index in [2.05, 4.69) is 105 Å². The Kier molecular flexibility index (Phi) is 7.12. The zero-order valence-corrected chi connectivity index (χ0v) is 23.9. The fraction of sp³-hybridized carbons (Fsp3) is 0. The molecule has 0 saturated carbocycles. The van der Waals surface area contributed by atoms with Crippen LogP contribution in [0.4, 0.5) is 0 Å². The van der Waals surface area contributed by atoms with Crippen LogP contribution in [0.2, 0.25) is 0 Å². The number of imidazole rings is 1. The molecule has 5 heteroatoms. The summed E-state index contributed by atoms with van der Waals surface area (Å²) in [6.45, 7) is 0. The minimum Gasteiger partial charge on any atom is -0.307 e. The quantitative estimate of drug-likeness (QED) is 0.137. The fourth-order valence-electron chi connectivity index (χ4n) is 4.71. The van der Waals surface area contributed by atoms with Gasteiger partial charge in [0.25, 0.3) is 6.33 Å². The van der Waals surface area contributed by atoms with Crippen molar-refractivity contribution in [2.24, 2.45) is 0 Å². The van der Waals surface area contributed by atoms with Crippen LogP contribution in [0, 0.1) is 18.5 Å². The predicted octanol–water partition coefficient (Wildman–Crippen LogP) is 7.67. The first-order valence-corrected chi connectivity index (χ1v) is 13.2. The van der Waals surface area contributed by atoms with Crippen molar-refractivity contribution in [1.29, 1.82) is 0 Å². The summed E-state index contributed by atoms with van der Waals surface area (Å²) >= 11 is 1.81. The maximum Gasteiger partial charge on any atom is 3.00 e. The van der Waals surface area contributed by atoms with Gasteiger partial charge in [-0.1, -0.05) is 65.6 Å². The molecule has 3 nitrogen and oxygen atoms in total. The van der Waals surface area contributed by atoms with Gasteiger partial charge >= 0.3 is 20.1 Å². The third-order valence-corrected chi connectivity index (χ3v) is 7.56. The van der Waals surface area contributed by atoms with Crippen LogP contribution in [-0.2, 0) is 20.1 Å². The van der Waals surface area contributed by atoms with E-state index in [4.69, 9.17) is 0 Å². The van der Waals surface area contributed by atoms with E-state index in [1.54, 1.807) is 6.20 Å². The van der Waals surface area contributed by atoms with Crippen molar-refractivity contribution < 1.29 is 24.7 Å². The smallest absolute Gasteiger partial charge is 0.307 e. The number of hydrogen-bond acceptors (Lipinski definition) is 2. The Hall–Kier alpha value is -4.02. The summed E-state index contributed by atoms with van der Waals surface area (Å²) in [6, 6.07) is 47.9. The fourth-order valence-corrected chi connectivity index (χ4v) is 5.81. The van der Waals surface area contributed by atoms with E-state index in [0.717, 1.165) is 33.5 Å². The number of fused-ring (bicyclic) bond motifs is 3. The monoisotopic (exact) mass is 696 g/mol. The standard InChI is InChI=1S/C23H13N2S.C11H8N.Ir/c1-2-9-18(10-3-1)24-15-25-20-13-16-7-4-5-8-17(16)14-22(20)26-21-12-6-11-19(24)23(21)25;1-2-6-10(7-3-1)11-8-4-5-9-12-11;/h1-12,14H;1-6,8-9H;/q2*-1;+3. The van der Waals surface area contributed by atoms with Gasteiger partial charge in [-0.05, 0) is 29.6 Å². The second kappa shape index (κ2) is 11.0. The molecule has 0 amide bonds. The van der Waals surface area contributed by atoms with Gasteiger partial charge in [0.1, 0.15) is 0 Å². The Morgan fingerprint density at radius 3 is 2.38 bits per heavy atom. The Labute approximate surface area is 245 Å². The molecule has 5 aromatic carbocycles. The second-order valence-electron chi connectivity index (χ2n) is 8.89. The molecule has 2 aromatic heterocycles. The number of para-hydroxylation sites is 2. The molecule has 0 saturated heterocycles. The van der Waals surface area contributed by atoms with Crippen LogP contribution in [0.1, 0.15) is 0 Å². The molecule has 0 atom stereocenters. The van der Waals surface area contributed by atoms with Crippen molar-refractivity contribution >= 4 is 33.6 Å². The van der Waals surface area contributed by atoms with Crippen LogP contribution in [0.5, 0.6) is 0 Å². The van der Waals surface area contributed by atoms with E-state index in [0.29, 0.717) is 0 Å². The average molecular weight is 696 g/mol. The summed E-state index contributed by atoms with van der Waals surface area (Å²) in [7, 11) is 0. The predicted molar refractivity (Wildman–Crippen MR) is 153 cm³/mol. The van der Waals surface area contributed by atoms with Gasteiger partial charge in [0.2, 0.25) is 0 Å². The molecule has 8 rings (SSSR count). The van der Waals surface area contributed by atoms with E-state index in [-0.39, 0.29) is 20.1 Å². The molecule has 0 unspecified atom stereocenters. The van der Waals surface area contributed by atoms with Gasteiger partial charge in [-0.2, -0.15) is 11.8 Å². The molecular formula is C34H21IrN3S+. The van der Waals surface area contributed by atoms with E-state index < -0.39 is 0 Å². The Morgan fingerprint density at radius 1 is 0.744 bits per heavy atom. The first-order valence-electron chi connectivity index (χ1n) is 12.4. The maximum atomic E-state index is 4.22. The average Bonchev–Trinajstić information content (AvgIpc) is 3.39. The van der Waals surface area contributed by atoms with Gasteiger partial charge in [-0.3, -0.25) is 4.57 Å². The van der Waals surface area contributed by atoms with Crippen LogP contribution in [0.25, 0.3) is 44.4 Å². The number of benzene rings is 5.